The molecule has 0 bridgehead atoms. The molecular weight excluding hydrogens is 304 g/mol. The molecule has 1 aromatic rings. The van der Waals surface area contributed by atoms with Gasteiger partial charge in [-0.05, 0) is 19.2 Å². The van der Waals surface area contributed by atoms with Crippen LogP contribution in [0.3, 0.4) is 0 Å². The summed E-state index contributed by atoms with van der Waals surface area (Å²) in [7, 11) is 1.73. The fourth-order valence-corrected chi connectivity index (χ4v) is 1.85. The predicted molar refractivity (Wildman–Crippen MR) is 69.4 cm³/mol. The second kappa shape index (κ2) is 6.46. The van der Waals surface area contributed by atoms with E-state index < -0.39 is 10.9 Å². The van der Waals surface area contributed by atoms with Gasteiger partial charge < -0.3 is 10.0 Å². The van der Waals surface area contributed by atoms with Gasteiger partial charge in [0.2, 0.25) is 0 Å². The Labute approximate surface area is 112 Å². The molecule has 0 fully saturated rings. The average molecular weight is 317 g/mol. The Balaban J connectivity index is 2.77. The largest absolute Gasteiger partial charge is 0.481 e. The molecule has 6 nitrogen and oxygen atoms in total. The maximum absolute atomic E-state index is 10.9. The molecule has 0 unspecified atom stereocenters. The Morgan fingerprint density at radius 3 is 2.78 bits per heavy atom. The molecule has 0 radical (unpaired) electrons. The molecule has 0 saturated carbocycles. The summed E-state index contributed by atoms with van der Waals surface area (Å²) >= 11 is 3.18. The predicted octanol–water partition coefficient (Wildman–Crippen LogP) is 2.26. The fraction of sp³-hybridized carbons (Fsp3) is 0.364. The Morgan fingerprint density at radius 2 is 2.22 bits per heavy atom. The highest BCUT2D eigenvalue weighted by atomic mass is 79.9. The second-order valence-corrected chi connectivity index (χ2v) is 4.83. The summed E-state index contributed by atoms with van der Waals surface area (Å²) < 4.78 is 0.645. The maximum Gasteiger partial charge on any atom is 0.304 e. The number of hydrogen-bond acceptors (Lipinski definition) is 4. The Kier molecular flexibility index (Phi) is 5.24. The number of hydrogen-bond donors (Lipinski definition) is 1. The molecule has 0 heterocycles. The number of carbonyl (C=O) groups is 1. The molecule has 0 amide bonds. The lowest BCUT2D eigenvalue weighted by atomic mass is 10.1. The molecule has 1 aromatic carbocycles. The van der Waals surface area contributed by atoms with Crippen LogP contribution in [0.1, 0.15) is 12.0 Å². The number of nitro groups is 1. The van der Waals surface area contributed by atoms with E-state index in [2.05, 4.69) is 15.9 Å². The molecule has 18 heavy (non-hydrogen) atoms. The zero-order valence-electron chi connectivity index (χ0n) is 9.80. The van der Waals surface area contributed by atoms with E-state index in [1.165, 1.54) is 6.07 Å². The molecule has 1 N–H and O–H groups in total. The number of rotatable bonds is 6. The number of aliphatic carboxylic acids is 1. The van der Waals surface area contributed by atoms with E-state index in [9.17, 15) is 14.9 Å². The van der Waals surface area contributed by atoms with Gasteiger partial charge in [-0.15, -0.1) is 0 Å². The van der Waals surface area contributed by atoms with E-state index >= 15 is 0 Å². The summed E-state index contributed by atoms with van der Waals surface area (Å²) in [6.07, 6.45) is 0.0147. The summed E-state index contributed by atoms with van der Waals surface area (Å²) in [5, 5.41) is 19.5. The summed E-state index contributed by atoms with van der Waals surface area (Å²) in [5.74, 6) is -0.882. The highest BCUT2D eigenvalue weighted by molar-refractivity contribution is 9.10. The van der Waals surface area contributed by atoms with Crippen LogP contribution in [0.25, 0.3) is 0 Å². The van der Waals surface area contributed by atoms with Crippen molar-refractivity contribution in [1.29, 1.82) is 0 Å². The van der Waals surface area contributed by atoms with Gasteiger partial charge in [0, 0.05) is 29.2 Å². The maximum atomic E-state index is 10.9. The molecule has 7 heteroatoms. The fourth-order valence-electron chi connectivity index (χ4n) is 1.50. The first-order valence-corrected chi connectivity index (χ1v) is 6.02. The van der Waals surface area contributed by atoms with Crippen LogP contribution in [-0.4, -0.2) is 34.5 Å². The number of carboxylic acid groups (broad SMARTS) is 1. The molecule has 0 saturated heterocycles. The molecular formula is C11H13BrN2O4. The quantitative estimate of drug-likeness (QED) is 0.643. The third-order valence-corrected chi connectivity index (χ3v) is 2.88. The van der Waals surface area contributed by atoms with Crippen molar-refractivity contribution in [1.82, 2.24) is 4.90 Å². The highest BCUT2D eigenvalue weighted by Crippen LogP contribution is 2.24. The molecule has 1 rings (SSSR count). The standard InChI is InChI=1S/C11H13BrN2O4/c1-13(5-4-11(15)16)7-8-2-3-9(12)6-10(8)14(17)18/h2-3,6H,4-5,7H2,1H3,(H,15,16). The van der Waals surface area contributed by atoms with E-state index in [1.807, 2.05) is 0 Å². The van der Waals surface area contributed by atoms with E-state index in [0.29, 0.717) is 23.1 Å². The van der Waals surface area contributed by atoms with Gasteiger partial charge in [0.25, 0.3) is 5.69 Å². The van der Waals surface area contributed by atoms with Crippen molar-refractivity contribution in [2.24, 2.45) is 0 Å². The lowest BCUT2D eigenvalue weighted by Crippen LogP contribution is -2.21. The van der Waals surface area contributed by atoms with E-state index in [-0.39, 0.29) is 12.1 Å². The summed E-state index contributed by atoms with van der Waals surface area (Å²) in [4.78, 5) is 22.6. The van der Waals surface area contributed by atoms with Gasteiger partial charge in [0.05, 0.1) is 11.3 Å². The molecule has 0 spiro atoms. The second-order valence-electron chi connectivity index (χ2n) is 3.91. The smallest absolute Gasteiger partial charge is 0.304 e. The lowest BCUT2D eigenvalue weighted by Gasteiger charge is -2.15. The number of carboxylic acids is 1. The molecule has 0 aliphatic carbocycles. The van der Waals surface area contributed by atoms with Gasteiger partial charge in [-0.25, -0.2) is 0 Å². The highest BCUT2D eigenvalue weighted by Gasteiger charge is 2.15. The van der Waals surface area contributed by atoms with Crippen LogP contribution in [0, 0.1) is 10.1 Å². The van der Waals surface area contributed by atoms with Crippen molar-refractivity contribution in [2.45, 2.75) is 13.0 Å². The van der Waals surface area contributed by atoms with Gasteiger partial charge in [0.1, 0.15) is 0 Å². The van der Waals surface area contributed by atoms with Crippen LogP contribution in [0.2, 0.25) is 0 Å². The summed E-state index contributed by atoms with van der Waals surface area (Å²) in [5.41, 5.74) is 0.600. The first-order valence-electron chi connectivity index (χ1n) is 5.23. The van der Waals surface area contributed by atoms with Crippen molar-refractivity contribution in [3.63, 3.8) is 0 Å². The van der Waals surface area contributed by atoms with Gasteiger partial charge in [0.15, 0.2) is 0 Å². The van der Waals surface area contributed by atoms with Crippen LogP contribution < -0.4 is 0 Å². The molecule has 98 valence electrons. The number of halogens is 1. The summed E-state index contributed by atoms with van der Waals surface area (Å²) in [6.45, 7) is 0.694. The monoisotopic (exact) mass is 316 g/mol. The average Bonchev–Trinajstić information content (AvgIpc) is 2.28. The minimum Gasteiger partial charge on any atom is -0.481 e. The lowest BCUT2D eigenvalue weighted by molar-refractivity contribution is -0.385. The van der Waals surface area contributed by atoms with Crippen molar-refractivity contribution >= 4 is 27.6 Å². The van der Waals surface area contributed by atoms with Crippen LogP contribution in [0.4, 0.5) is 5.69 Å². The normalized spacial score (nSPS) is 10.6. The van der Waals surface area contributed by atoms with E-state index in [4.69, 9.17) is 5.11 Å². The van der Waals surface area contributed by atoms with Crippen LogP contribution in [-0.2, 0) is 11.3 Å². The van der Waals surface area contributed by atoms with Crippen molar-refractivity contribution in [2.75, 3.05) is 13.6 Å². The first kappa shape index (κ1) is 14.6. The minimum absolute atomic E-state index is 0.0147. The van der Waals surface area contributed by atoms with Crippen molar-refractivity contribution in [3.8, 4) is 0 Å². The number of nitrogens with zero attached hydrogens (tertiary/aromatic N) is 2. The third kappa shape index (κ3) is 4.42. The third-order valence-electron chi connectivity index (χ3n) is 2.39. The number of nitro benzene ring substituents is 1. The van der Waals surface area contributed by atoms with Crippen LogP contribution in [0.5, 0.6) is 0 Å². The molecule has 0 atom stereocenters. The van der Waals surface area contributed by atoms with Gasteiger partial charge in [-0.2, -0.15) is 0 Å². The Hall–Kier alpha value is -1.47. The van der Waals surface area contributed by atoms with E-state index in [1.54, 1.807) is 24.1 Å². The molecule has 0 aromatic heterocycles. The first-order chi connectivity index (χ1) is 8.40. The molecule has 0 aliphatic heterocycles. The van der Waals surface area contributed by atoms with Crippen molar-refractivity contribution in [3.05, 3.63) is 38.3 Å². The minimum atomic E-state index is -0.882. The Bertz CT molecular complexity index is 464. The van der Waals surface area contributed by atoms with Gasteiger partial charge >= 0.3 is 5.97 Å². The SMILES string of the molecule is CN(CCC(=O)O)Cc1ccc(Br)cc1[N+](=O)[O-]. The number of benzene rings is 1. The zero-order chi connectivity index (χ0) is 13.7. The Morgan fingerprint density at radius 1 is 1.56 bits per heavy atom. The molecule has 0 aliphatic rings. The zero-order valence-corrected chi connectivity index (χ0v) is 11.4. The van der Waals surface area contributed by atoms with Gasteiger partial charge in [-0.3, -0.25) is 14.9 Å². The van der Waals surface area contributed by atoms with E-state index in [0.717, 1.165) is 0 Å². The van der Waals surface area contributed by atoms with Crippen molar-refractivity contribution < 1.29 is 14.8 Å². The van der Waals surface area contributed by atoms with Crippen LogP contribution in [0.15, 0.2) is 22.7 Å². The van der Waals surface area contributed by atoms with Crippen LogP contribution >= 0.6 is 15.9 Å². The summed E-state index contributed by atoms with van der Waals surface area (Å²) in [6, 6.07) is 4.84. The topological polar surface area (TPSA) is 83.7 Å². The van der Waals surface area contributed by atoms with Gasteiger partial charge in [-0.1, -0.05) is 15.9 Å².